The largest absolute Gasteiger partial charge is 0.497 e. The Hall–Kier alpha value is -2.28. The molecule has 0 radical (unpaired) electrons. The smallest absolute Gasteiger partial charge is 0.318 e. The lowest BCUT2D eigenvalue weighted by Gasteiger charge is -2.27. The predicted octanol–water partition coefficient (Wildman–Crippen LogP) is 1.21. The number of methoxy groups -OCH3 is 1. The Labute approximate surface area is 142 Å². The second-order valence-electron chi connectivity index (χ2n) is 6.06. The molecular formula is C17H25N3O4. The molecule has 1 aliphatic rings. The number of carbonyl (C=O) groups is 2. The van der Waals surface area contributed by atoms with E-state index in [-0.39, 0.29) is 43.6 Å². The Morgan fingerprint density at radius 2 is 2.08 bits per heavy atom. The number of hydrogen-bond donors (Lipinski definition) is 2. The summed E-state index contributed by atoms with van der Waals surface area (Å²) < 4.78 is 5.12. The number of anilines is 1. The summed E-state index contributed by atoms with van der Waals surface area (Å²) in [5.41, 5.74) is 0.786. The van der Waals surface area contributed by atoms with Crippen molar-refractivity contribution in [3.8, 4) is 5.75 Å². The average Bonchev–Trinajstić information content (AvgIpc) is 2.92. The molecule has 0 saturated carbocycles. The van der Waals surface area contributed by atoms with Gasteiger partial charge in [0.15, 0.2) is 0 Å². The van der Waals surface area contributed by atoms with Gasteiger partial charge in [-0.25, -0.2) is 4.79 Å². The van der Waals surface area contributed by atoms with E-state index in [9.17, 15) is 9.59 Å². The highest BCUT2D eigenvalue weighted by molar-refractivity contribution is 5.96. The molecule has 3 amide bonds. The van der Waals surface area contributed by atoms with Gasteiger partial charge in [-0.1, -0.05) is 0 Å². The molecule has 0 unspecified atom stereocenters. The molecule has 1 fully saturated rings. The van der Waals surface area contributed by atoms with E-state index in [4.69, 9.17) is 9.84 Å². The van der Waals surface area contributed by atoms with Crippen LogP contribution in [-0.2, 0) is 4.79 Å². The lowest BCUT2D eigenvalue weighted by atomic mass is 10.2. The molecular weight excluding hydrogens is 310 g/mol. The van der Waals surface area contributed by atoms with Gasteiger partial charge in [0.25, 0.3) is 0 Å². The van der Waals surface area contributed by atoms with Crippen LogP contribution in [0.3, 0.4) is 0 Å². The van der Waals surface area contributed by atoms with Crippen molar-refractivity contribution in [1.82, 2.24) is 10.2 Å². The maximum atomic E-state index is 12.3. The van der Waals surface area contributed by atoms with Crippen molar-refractivity contribution in [2.75, 3.05) is 31.7 Å². The minimum absolute atomic E-state index is 0.0213. The number of hydrogen-bond acceptors (Lipinski definition) is 4. The predicted molar refractivity (Wildman–Crippen MR) is 91.2 cm³/mol. The first-order valence-corrected chi connectivity index (χ1v) is 8.08. The third-order valence-corrected chi connectivity index (χ3v) is 4.06. The molecule has 1 aromatic rings. The monoisotopic (exact) mass is 335 g/mol. The van der Waals surface area contributed by atoms with Crippen molar-refractivity contribution in [2.24, 2.45) is 0 Å². The molecule has 0 aliphatic carbocycles. The van der Waals surface area contributed by atoms with Crippen molar-refractivity contribution in [1.29, 1.82) is 0 Å². The first-order chi connectivity index (χ1) is 11.5. The van der Waals surface area contributed by atoms with Crippen molar-refractivity contribution in [2.45, 2.75) is 32.4 Å². The third kappa shape index (κ3) is 4.17. The minimum atomic E-state index is -0.256. The lowest BCUT2D eigenvalue weighted by Crippen LogP contribution is -2.49. The molecule has 7 heteroatoms. The lowest BCUT2D eigenvalue weighted by molar-refractivity contribution is -0.117. The normalized spacial score (nSPS) is 17.3. The SMILES string of the molecule is COc1ccc(N2C[C@H](NC(=O)N(CCO)C(C)C)CC2=O)cc1. The van der Waals surface area contributed by atoms with E-state index in [1.807, 2.05) is 26.0 Å². The van der Waals surface area contributed by atoms with Gasteiger partial charge in [-0.3, -0.25) is 4.79 Å². The van der Waals surface area contributed by atoms with Crippen molar-refractivity contribution in [3.63, 3.8) is 0 Å². The number of benzene rings is 1. The number of aliphatic hydroxyl groups is 1. The van der Waals surface area contributed by atoms with Crippen molar-refractivity contribution in [3.05, 3.63) is 24.3 Å². The molecule has 24 heavy (non-hydrogen) atoms. The summed E-state index contributed by atoms with van der Waals surface area (Å²) in [7, 11) is 1.59. The zero-order valence-electron chi connectivity index (χ0n) is 14.4. The maximum absolute atomic E-state index is 12.3. The summed E-state index contributed by atoms with van der Waals surface area (Å²) in [6.45, 7) is 4.39. The van der Waals surface area contributed by atoms with Crippen LogP contribution in [0.5, 0.6) is 5.75 Å². The molecule has 1 aliphatic heterocycles. The second-order valence-corrected chi connectivity index (χ2v) is 6.06. The third-order valence-electron chi connectivity index (χ3n) is 4.06. The first-order valence-electron chi connectivity index (χ1n) is 8.08. The van der Waals surface area contributed by atoms with E-state index >= 15 is 0 Å². The zero-order valence-corrected chi connectivity index (χ0v) is 14.4. The average molecular weight is 335 g/mol. The number of nitrogens with zero attached hydrogens (tertiary/aromatic N) is 2. The second kappa shape index (κ2) is 8.01. The van der Waals surface area contributed by atoms with E-state index in [2.05, 4.69) is 5.32 Å². The molecule has 2 N–H and O–H groups in total. The van der Waals surface area contributed by atoms with Crippen molar-refractivity contribution >= 4 is 17.6 Å². The number of urea groups is 1. The maximum Gasteiger partial charge on any atom is 0.318 e. The zero-order chi connectivity index (χ0) is 17.7. The molecule has 0 bridgehead atoms. The molecule has 7 nitrogen and oxygen atoms in total. The van der Waals surface area contributed by atoms with Crippen molar-refractivity contribution < 1.29 is 19.4 Å². The number of amides is 3. The van der Waals surface area contributed by atoms with Crippen LogP contribution in [0.25, 0.3) is 0 Å². The highest BCUT2D eigenvalue weighted by Crippen LogP contribution is 2.24. The van der Waals surface area contributed by atoms with Crippen LogP contribution in [-0.4, -0.2) is 60.8 Å². The fourth-order valence-electron chi connectivity index (χ4n) is 2.78. The van der Waals surface area contributed by atoms with Gasteiger partial charge in [0.1, 0.15) is 5.75 Å². The number of nitrogens with one attached hydrogen (secondary N) is 1. The van der Waals surface area contributed by atoms with E-state index in [1.165, 1.54) is 0 Å². The standard InChI is InChI=1S/C17H25N3O4/c1-12(2)19(8-9-21)17(23)18-13-10-16(22)20(11-13)14-4-6-15(24-3)7-5-14/h4-7,12-13,21H,8-11H2,1-3H3,(H,18,23)/t13-/m1/s1. The molecule has 1 saturated heterocycles. The van der Waals surface area contributed by atoms with Gasteiger partial charge >= 0.3 is 6.03 Å². The Kier molecular flexibility index (Phi) is 6.03. The van der Waals surface area contributed by atoms with Gasteiger partial charge in [-0.05, 0) is 38.1 Å². The summed E-state index contributed by atoms with van der Waals surface area (Å²) in [5, 5.41) is 12.0. The van der Waals surface area contributed by atoms with Crippen LogP contribution in [0.15, 0.2) is 24.3 Å². The van der Waals surface area contributed by atoms with Gasteiger partial charge in [0, 0.05) is 31.2 Å². The number of aliphatic hydroxyl groups excluding tert-OH is 1. The van der Waals surface area contributed by atoms with Crippen LogP contribution in [0.1, 0.15) is 20.3 Å². The Morgan fingerprint density at radius 1 is 1.42 bits per heavy atom. The van der Waals surface area contributed by atoms with Gasteiger partial charge < -0.3 is 25.0 Å². The molecule has 1 heterocycles. The van der Waals surface area contributed by atoms with E-state index in [1.54, 1.807) is 29.0 Å². The number of rotatable bonds is 6. The summed E-state index contributed by atoms with van der Waals surface area (Å²) >= 11 is 0. The Morgan fingerprint density at radius 3 is 2.62 bits per heavy atom. The van der Waals surface area contributed by atoms with Crippen LogP contribution >= 0.6 is 0 Å². The molecule has 1 atom stereocenters. The molecule has 0 aromatic heterocycles. The Balaban J connectivity index is 1.99. The molecule has 2 rings (SSSR count). The number of carbonyl (C=O) groups excluding carboxylic acids is 2. The molecule has 0 spiro atoms. The van der Waals surface area contributed by atoms with Gasteiger partial charge in [-0.15, -0.1) is 0 Å². The van der Waals surface area contributed by atoms with Crippen LogP contribution < -0.4 is 15.0 Å². The van der Waals surface area contributed by atoms with E-state index in [0.717, 1.165) is 11.4 Å². The minimum Gasteiger partial charge on any atom is -0.497 e. The van der Waals surface area contributed by atoms with Crippen LogP contribution in [0.2, 0.25) is 0 Å². The molecule has 1 aromatic carbocycles. The fourth-order valence-corrected chi connectivity index (χ4v) is 2.78. The van der Waals surface area contributed by atoms with Gasteiger partial charge in [-0.2, -0.15) is 0 Å². The van der Waals surface area contributed by atoms with Crippen LogP contribution in [0, 0.1) is 0 Å². The summed E-state index contributed by atoms with van der Waals surface area (Å²) in [5.74, 6) is 0.704. The summed E-state index contributed by atoms with van der Waals surface area (Å²) in [4.78, 5) is 27.8. The topological polar surface area (TPSA) is 82.1 Å². The quantitative estimate of drug-likeness (QED) is 0.819. The van der Waals surface area contributed by atoms with Gasteiger partial charge in [0.05, 0.1) is 19.8 Å². The van der Waals surface area contributed by atoms with Crippen LogP contribution in [0.4, 0.5) is 10.5 Å². The molecule has 132 valence electrons. The van der Waals surface area contributed by atoms with E-state index < -0.39 is 0 Å². The Bertz CT molecular complexity index is 574. The summed E-state index contributed by atoms with van der Waals surface area (Å²) in [6, 6.07) is 6.74. The number of ether oxygens (including phenoxy) is 1. The van der Waals surface area contributed by atoms with E-state index in [0.29, 0.717) is 6.54 Å². The summed E-state index contributed by atoms with van der Waals surface area (Å²) in [6.07, 6.45) is 0.267. The highest BCUT2D eigenvalue weighted by atomic mass is 16.5. The first kappa shape index (κ1) is 18.1. The fraction of sp³-hybridized carbons (Fsp3) is 0.529. The van der Waals surface area contributed by atoms with Gasteiger partial charge in [0.2, 0.25) is 5.91 Å². The highest BCUT2D eigenvalue weighted by Gasteiger charge is 2.32.